The first-order chi connectivity index (χ1) is 8.13. The van der Waals surface area contributed by atoms with Crippen LogP contribution >= 0.6 is 0 Å². The van der Waals surface area contributed by atoms with Crippen molar-refractivity contribution < 1.29 is 10.2 Å². The lowest BCUT2D eigenvalue weighted by atomic mass is 10.1. The number of phenolic OH excluding ortho intramolecular Hbond substituents is 1. The molecule has 0 bridgehead atoms. The maximum Gasteiger partial charge on any atom is 0.123 e. The van der Waals surface area contributed by atoms with E-state index in [2.05, 4.69) is 11.8 Å². The number of anilines is 1. The second kappa shape index (κ2) is 4.96. The average molecular weight is 235 g/mol. The van der Waals surface area contributed by atoms with E-state index in [1.807, 2.05) is 12.1 Å². The molecule has 1 aromatic rings. The Kier molecular flexibility index (Phi) is 3.57. The molecule has 0 radical (unpaired) electrons. The van der Waals surface area contributed by atoms with Gasteiger partial charge in [-0.1, -0.05) is 13.0 Å². The molecule has 0 amide bonds. The molecule has 3 nitrogen and oxygen atoms in total. The number of hydrogen-bond donors (Lipinski definition) is 2. The predicted octanol–water partition coefficient (Wildman–Crippen LogP) is 2.82. The van der Waals surface area contributed by atoms with Gasteiger partial charge in [-0.2, -0.15) is 0 Å². The zero-order valence-electron chi connectivity index (χ0n) is 10.6. The lowest BCUT2D eigenvalue weighted by molar-refractivity contribution is 0.195. The summed E-state index contributed by atoms with van der Waals surface area (Å²) in [6.45, 7) is 4.93. The quantitative estimate of drug-likeness (QED) is 0.846. The molecule has 2 atom stereocenters. The minimum Gasteiger partial charge on any atom is -0.507 e. The smallest absolute Gasteiger partial charge is 0.123 e. The fourth-order valence-corrected chi connectivity index (χ4v) is 2.66. The van der Waals surface area contributed by atoms with Crippen LogP contribution in [0.1, 0.15) is 44.8 Å². The second-order valence-electron chi connectivity index (χ2n) is 4.82. The third kappa shape index (κ3) is 2.39. The molecule has 1 saturated heterocycles. The van der Waals surface area contributed by atoms with Gasteiger partial charge < -0.3 is 15.1 Å². The Morgan fingerprint density at radius 2 is 2.24 bits per heavy atom. The van der Waals surface area contributed by atoms with Crippen molar-refractivity contribution in [3.63, 3.8) is 0 Å². The Balaban J connectivity index is 2.25. The van der Waals surface area contributed by atoms with E-state index in [1.165, 1.54) is 12.8 Å². The summed E-state index contributed by atoms with van der Waals surface area (Å²) in [7, 11) is 0. The molecule has 1 aliphatic rings. The van der Waals surface area contributed by atoms with E-state index in [0.717, 1.165) is 18.7 Å². The van der Waals surface area contributed by atoms with Crippen LogP contribution in [0.5, 0.6) is 5.75 Å². The van der Waals surface area contributed by atoms with Gasteiger partial charge in [-0.05, 0) is 32.3 Å². The first kappa shape index (κ1) is 12.2. The van der Waals surface area contributed by atoms with Crippen molar-refractivity contribution in [1.29, 1.82) is 0 Å². The highest BCUT2D eigenvalue weighted by atomic mass is 16.3. The van der Waals surface area contributed by atoms with Crippen molar-refractivity contribution in [2.45, 2.75) is 45.3 Å². The lowest BCUT2D eigenvalue weighted by Gasteiger charge is -2.26. The molecule has 0 aromatic heterocycles. The van der Waals surface area contributed by atoms with E-state index in [-0.39, 0.29) is 5.75 Å². The zero-order valence-corrected chi connectivity index (χ0v) is 10.6. The number of rotatable bonds is 3. The van der Waals surface area contributed by atoms with Crippen molar-refractivity contribution in [1.82, 2.24) is 0 Å². The standard InChI is InChI=1S/C14H21NO2/c1-3-11-5-4-8-15(11)12-6-7-13(10(2)16)14(17)9-12/h6-7,9-11,16-17H,3-5,8H2,1-2H3. The monoisotopic (exact) mass is 235 g/mol. The highest BCUT2D eigenvalue weighted by Crippen LogP contribution is 2.33. The van der Waals surface area contributed by atoms with Crippen LogP contribution in [0.25, 0.3) is 0 Å². The van der Waals surface area contributed by atoms with Crippen LogP contribution in [0.4, 0.5) is 5.69 Å². The summed E-state index contributed by atoms with van der Waals surface area (Å²) in [5, 5.41) is 19.4. The number of aliphatic hydroxyl groups excluding tert-OH is 1. The molecule has 17 heavy (non-hydrogen) atoms. The van der Waals surface area contributed by atoms with E-state index in [0.29, 0.717) is 11.6 Å². The van der Waals surface area contributed by atoms with Gasteiger partial charge >= 0.3 is 0 Å². The van der Waals surface area contributed by atoms with Gasteiger partial charge in [0, 0.05) is 29.9 Å². The summed E-state index contributed by atoms with van der Waals surface area (Å²) in [5.41, 5.74) is 1.66. The van der Waals surface area contributed by atoms with Gasteiger partial charge in [-0.25, -0.2) is 0 Å². The van der Waals surface area contributed by atoms with Crippen LogP contribution in [0.2, 0.25) is 0 Å². The summed E-state index contributed by atoms with van der Waals surface area (Å²) in [5.74, 6) is 0.194. The van der Waals surface area contributed by atoms with Crippen LogP contribution < -0.4 is 4.90 Å². The highest BCUT2D eigenvalue weighted by Gasteiger charge is 2.23. The van der Waals surface area contributed by atoms with E-state index in [1.54, 1.807) is 13.0 Å². The summed E-state index contributed by atoms with van der Waals surface area (Å²) in [4.78, 5) is 2.35. The van der Waals surface area contributed by atoms with Gasteiger partial charge in [0.05, 0.1) is 6.10 Å². The average Bonchev–Trinajstić information content (AvgIpc) is 2.76. The molecule has 0 saturated carbocycles. The lowest BCUT2D eigenvalue weighted by Crippen LogP contribution is -2.28. The third-order valence-corrected chi connectivity index (χ3v) is 3.64. The first-order valence-corrected chi connectivity index (χ1v) is 6.41. The molecule has 1 aliphatic heterocycles. The molecule has 1 fully saturated rings. The van der Waals surface area contributed by atoms with Gasteiger partial charge in [0.2, 0.25) is 0 Å². The van der Waals surface area contributed by atoms with E-state index in [4.69, 9.17) is 0 Å². The number of nitrogens with zero attached hydrogens (tertiary/aromatic N) is 1. The first-order valence-electron chi connectivity index (χ1n) is 6.41. The molecule has 94 valence electrons. The van der Waals surface area contributed by atoms with Gasteiger partial charge in [-0.15, -0.1) is 0 Å². The molecule has 1 heterocycles. The molecular formula is C14H21NO2. The second-order valence-corrected chi connectivity index (χ2v) is 4.82. The van der Waals surface area contributed by atoms with Crippen LogP contribution in [0, 0.1) is 0 Å². The zero-order chi connectivity index (χ0) is 12.4. The summed E-state index contributed by atoms with van der Waals surface area (Å²) < 4.78 is 0. The van der Waals surface area contributed by atoms with E-state index >= 15 is 0 Å². The molecule has 0 aliphatic carbocycles. The van der Waals surface area contributed by atoms with Crippen molar-refractivity contribution in [2.24, 2.45) is 0 Å². The largest absolute Gasteiger partial charge is 0.507 e. The van der Waals surface area contributed by atoms with Crippen molar-refractivity contribution >= 4 is 5.69 Å². The topological polar surface area (TPSA) is 43.7 Å². The van der Waals surface area contributed by atoms with E-state index in [9.17, 15) is 10.2 Å². The Morgan fingerprint density at radius 1 is 1.47 bits per heavy atom. The fourth-order valence-electron chi connectivity index (χ4n) is 2.66. The minimum absolute atomic E-state index is 0.194. The van der Waals surface area contributed by atoms with Crippen LogP contribution in [0.3, 0.4) is 0 Å². The molecule has 2 N–H and O–H groups in total. The molecule has 2 unspecified atom stereocenters. The Bertz CT molecular complexity index is 390. The van der Waals surface area contributed by atoms with Gasteiger partial charge in [-0.3, -0.25) is 0 Å². The van der Waals surface area contributed by atoms with Crippen molar-refractivity contribution in [3.8, 4) is 5.75 Å². The van der Waals surface area contributed by atoms with Crippen LogP contribution in [-0.4, -0.2) is 22.8 Å². The Morgan fingerprint density at radius 3 is 2.82 bits per heavy atom. The maximum absolute atomic E-state index is 9.89. The maximum atomic E-state index is 9.89. The number of aromatic hydroxyl groups is 1. The predicted molar refractivity (Wildman–Crippen MR) is 69.4 cm³/mol. The third-order valence-electron chi connectivity index (χ3n) is 3.64. The van der Waals surface area contributed by atoms with Crippen LogP contribution in [-0.2, 0) is 0 Å². The van der Waals surface area contributed by atoms with Crippen molar-refractivity contribution in [3.05, 3.63) is 23.8 Å². The number of aliphatic hydroxyl groups is 1. The summed E-state index contributed by atoms with van der Waals surface area (Å²) >= 11 is 0. The van der Waals surface area contributed by atoms with Gasteiger partial charge in [0.1, 0.15) is 5.75 Å². The number of benzene rings is 1. The Labute approximate surface area is 103 Å². The summed E-state index contributed by atoms with van der Waals surface area (Å²) in [6.07, 6.45) is 2.97. The normalized spacial score (nSPS) is 21.8. The van der Waals surface area contributed by atoms with E-state index < -0.39 is 6.10 Å². The number of hydrogen-bond acceptors (Lipinski definition) is 3. The number of phenols is 1. The van der Waals surface area contributed by atoms with Gasteiger partial charge in [0.15, 0.2) is 0 Å². The summed E-state index contributed by atoms with van der Waals surface area (Å²) in [6, 6.07) is 6.18. The Hall–Kier alpha value is -1.22. The minimum atomic E-state index is -0.621. The van der Waals surface area contributed by atoms with Crippen LogP contribution in [0.15, 0.2) is 18.2 Å². The molecule has 2 rings (SSSR count). The van der Waals surface area contributed by atoms with Gasteiger partial charge in [0.25, 0.3) is 0 Å². The van der Waals surface area contributed by atoms with Crippen molar-refractivity contribution in [2.75, 3.05) is 11.4 Å². The molecule has 0 spiro atoms. The highest BCUT2D eigenvalue weighted by molar-refractivity contribution is 5.55. The molecule has 3 heteroatoms. The molecule has 1 aromatic carbocycles. The molecular weight excluding hydrogens is 214 g/mol. The fraction of sp³-hybridized carbons (Fsp3) is 0.571. The SMILES string of the molecule is CCC1CCCN1c1ccc(C(C)O)c(O)c1.